The fraction of sp³-hybridized carbons (Fsp3) is 0.167. The predicted octanol–water partition coefficient (Wildman–Crippen LogP) is 2.23. The van der Waals surface area contributed by atoms with Crippen molar-refractivity contribution < 1.29 is 14.3 Å². The van der Waals surface area contributed by atoms with Crippen molar-refractivity contribution in [3.8, 4) is 0 Å². The summed E-state index contributed by atoms with van der Waals surface area (Å²) in [4.78, 5) is 20.5. The molecule has 1 aromatic carbocycles. The minimum Gasteiger partial charge on any atom is -0.501 e. The van der Waals surface area contributed by atoms with Crippen molar-refractivity contribution in [3.63, 3.8) is 0 Å². The zero-order chi connectivity index (χ0) is 10.9. The van der Waals surface area contributed by atoms with Crippen molar-refractivity contribution in [2.75, 3.05) is 6.61 Å². The molecule has 0 atom stereocenters. The van der Waals surface area contributed by atoms with Crippen molar-refractivity contribution in [2.24, 2.45) is 0 Å². The summed E-state index contributed by atoms with van der Waals surface area (Å²) >= 11 is 0. The van der Waals surface area contributed by atoms with E-state index in [0.29, 0.717) is 23.7 Å². The summed E-state index contributed by atoms with van der Waals surface area (Å²) in [6.45, 7) is 0.889. The van der Waals surface area contributed by atoms with Crippen LogP contribution >= 0.6 is 0 Å². The molecular weight excluding hydrogens is 192 g/mol. The summed E-state index contributed by atoms with van der Waals surface area (Å²) < 4.78 is 4.76. The van der Waals surface area contributed by atoms with Gasteiger partial charge in [0, 0.05) is 17.5 Å². The number of benzene rings is 1. The zero-order valence-corrected chi connectivity index (χ0v) is 8.26. The molecule has 0 saturated heterocycles. The van der Waals surface area contributed by atoms with E-state index in [4.69, 9.17) is 4.74 Å². The van der Waals surface area contributed by atoms with Crippen LogP contribution < -0.4 is 0 Å². The normalized spacial score (nSPS) is 12.3. The monoisotopic (exact) mass is 204 g/mol. The molecule has 3 heteroatoms. The van der Waals surface area contributed by atoms with E-state index in [9.17, 15) is 9.59 Å². The standard InChI is InChI=1S/C8H6O2.C4H6O/c9-5-7-3-1-2-4-8(7)6-10;1-2-4-5-3-1/h1-6H;1,3H,2,4H2. The third-order valence-electron chi connectivity index (χ3n) is 1.84. The molecule has 0 unspecified atom stereocenters. The quantitative estimate of drug-likeness (QED) is 0.694. The molecule has 2 rings (SSSR count). The van der Waals surface area contributed by atoms with Crippen LogP contribution in [0.4, 0.5) is 0 Å². The average molecular weight is 204 g/mol. The molecule has 0 spiro atoms. The van der Waals surface area contributed by atoms with Gasteiger partial charge >= 0.3 is 0 Å². The molecule has 0 N–H and O–H groups in total. The van der Waals surface area contributed by atoms with E-state index in [1.54, 1.807) is 30.5 Å². The Morgan fingerprint density at radius 1 is 1.07 bits per heavy atom. The van der Waals surface area contributed by atoms with Gasteiger partial charge < -0.3 is 4.74 Å². The summed E-state index contributed by atoms with van der Waals surface area (Å²) in [5.74, 6) is 0. The Hall–Kier alpha value is -1.90. The lowest BCUT2D eigenvalue weighted by Crippen LogP contribution is -1.87. The molecule has 15 heavy (non-hydrogen) atoms. The number of rotatable bonds is 2. The first-order valence-electron chi connectivity index (χ1n) is 4.64. The van der Waals surface area contributed by atoms with Crippen molar-refractivity contribution in [1.82, 2.24) is 0 Å². The Labute approximate surface area is 88.4 Å². The van der Waals surface area contributed by atoms with Gasteiger partial charge in [-0.15, -0.1) is 0 Å². The first-order valence-corrected chi connectivity index (χ1v) is 4.64. The largest absolute Gasteiger partial charge is 0.501 e. The SMILES string of the molecule is C1=COCC1.O=Cc1ccccc1C=O. The fourth-order valence-corrected chi connectivity index (χ4v) is 1.07. The molecular formula is C12H12O3. The van der Waals surface area contributed by atoms with Crippen molar-refractivity contribution in [1.29, 1.82) is 0 Å². The molecule has 1 aromatic rings. The number of carbonyl (C=O) groups excluding carboxylic acids is 2. The topological polar surface area (TPSA) is 43.4 Å². The Morgan fingerprint density at radius 3 is 1.93 bits per heavy atom. The van der Waals surface area contributed by atoms with Gasteiger partial charge in [0.25, 0.3) is 0 Å². The molecule has 3 nitrogen and oxygen atoms in total. The van der Waals surface area contributed by atoms with Gasteiger partial charge in [0.15, 0.2) is 12.6 Å². The van der Waals surface area contributed by atoms with Gasteiger partial charge in [0.1, 0.15) is 0 Å². The van der Waals surface area contributed by atoms with Crippen LogP contribution in [0.1, 0.15) is 27.1 Å². The van der Waals surface area contributed by atoms with Gasteiger partial charge in [0.05, 0.1) is 12.9 Å². The van der Waals surface area contributed by atoms with E-state index in [-0.39, 0.29) is 0 Å². The summed E-state index contributed by atoms with van der Waals surface area (Å²) in [5.41, 5.74) is 0.884. The zero-order valence-electron chi connectivity index (χ0n) is 8.26. The lowest BCUT2D eigenvalue weighted by atomic mass is 10.1. The van der Waals surface area contributed by atoms with Gasteiger partial charge in [-0.3, -0.25) is 9.59 Å². The highest BCUT2D eigenvalue weighted by molar-refractivity contribution is 5.89. The molecule has 0 aliphatic carbocycles. The van der Waals surface area contributed by atoms with Crippen LogP contribution in [0.5, 0.6) is 0 Å². The maximum atomic E-state index is 10.2. The van der Waals surface area contributed by atoms with Crippen LogP contribution in [0.15, 0.2) is 36.6 Å². The number of aldehydes is 2. The van der Waals surface area contributed by atoms with E-state index in [0.717, 1.165) is 13.0 Å². The summed E-state index contributed by atoms with van der Waals surface area (Å²) in [6.07, 6.45) is 6.19. The van der Waals surface area contributed by atoms with Gasteiger partial charge in [-0.25, -0.2) is 0 Å². The minimum absolute atomic E-state index is 0.442. The van der Waals surface area contributed by atoms with Crippen LogP contribution in [0.2, 0.25) is 0 Å². The van der Waals surface area contributed by atoms with Crippen LogP contribution in [0, 0.1) is 0 Å². The second-order valence-electron chi connectivity index (χ2n) is 2.90. The molecule has 1 heterocycles. The van der Waals surface area contributed by atoms with Gasteiger partial charge in [-0.1, -0.05) is 24.3 Å². The van der Waals surface area contributed by atoms with Crippen LogP contribution in [-0.4, -0.2) is 19.2 Å². The van der Waals surface area contributed by atoms with E-state index in [1.165, 1.54) is 0 Å². The number of hydrogen-bond acceptors (Lipinski definition) is 3. The lowest BCUT2D eigenvalue weighted by molar-refractivity contribution is 0.109. The molecule has 0 amide bonds. The smallest absolute Gasteiger partial charge is 0.150 e. The Kier molecular flexibility index (Phi) is 4.87. The fourth-order valence-electron chi connectivity index (χ4n) is 1.07. The molecule has 0 saturated carbocycles. The van der Waals surface area contributed by atoms with E-state index in [1.807, 2.05) is 6.08 Å². The molecule has 78 valence electrons. The number of hydrogen-bond donors (Lipinski definition) is 0. The summed E-state index contributed by atoms with van der Waals surface area (Å²) in [7, 11) is 0. The molecule has 0 fully saturated rings. The van der Waals surface area contributed by atoms with E-state index >= 15 is 0 Å². The van der Waals surface area contributed by atoms with Crippen LogP contribution in [-0.2, 0) is 4.74 Å². The second kappa shape index (κ2) is 6.54. The number of carbonyl (C=O) groups is 2. The average Bonchev–Trinajstić information content (AvgIpc) is 2.87. The third kappa shape index (κ3) is 3.77. The van der Waals surface area contributed by atoms with Gasteiger partial charge in [-0.2, -0.15) is 0 Å². The first-order chi connectivity index (χ1) is 7.38. The third-order valence-corrected chi connectivity index (χ3v) is 1.84. The van der Waals surface area contributed by atoms with Gasteiger partial charge in [0.2, 0.25) is 0 Å². The maximum Gasteiger partial charge on any atom is 0.150 e. The molecule has 1 aliphatic heterocycles. The first kappa shape index (κ1) is 11.2. The molecule has 1 aliphatic rings. The second-order valence-corrected chi connectivity index (χ2v) is 2.90. The van der Waals surface area contributed by atoms with E-state index in [2.05, 4.69) is 0 Å². The van der Waals surface area contributed by atoms with Crippen molar-refractivity contribution >= 4 is 12.6 Å². The lowest BCUT2D eigenvalue weighted by Gasteiger charge is -1.91. The molecule has 0 radical (unpaired) electrons. The Bertz CT molecular complexity index is 323. The Balaban J connectivity index is 0.000000187. The van der Waals surface area contributed by atoms with Gasteiger partial charge in [-0.05, 0) is 6.08 Å². The van der Waals surface area contributed by atoms with Crippen LogP contribution in [0.25, 0.3) is 0 Å². The number of ether oxygens (including phenoxy) is 1. The highest BCUT2D eigenvalue weighted by Gasteiger charge is 1.95. The molecule has 0 bridgehead atoms. The van der Waals surface area contributed by atoms with Crippen LogP contribution in [0.3, 0.4) is 0 Å². The molecule has 0 aromatic heterocycles. The predicted molar refractivity (Wildman–Crippen MR) is 56.9 cm³/mol. The summed E-state index contributed by atoms with van der Waals surface area (Å²) in [5, 5.41) is 0. The highest BCUT2D eigenvalue weighted by Crippen LogP contribution is 2.01. The van der Waals surface area contributed by atoms with Crippen molar-refractivity contribution in [2.45, 2.75) is 6.42 Å². The Morgan fingerprint density at radius 2 is 1.67 bits per heavy atom. The summed E-state index contributed by atoms with van der Waals surface area (Å²) in [6, 6.07) is 6.65. The van der Waals surface area contributed by atoms with Crippen molar-refractivity contribution in [3.05, 3.63) is 47.7 Å². The highest BCUT2D eigenvalue weighted by atomic mass is 16.5. The minimum atomic E-state index is 0.442. The van der Waals surface area contributed by atoms with E-state index < -0.39 is 0 Å². The maximum absolute atomic E-state index is 10.2.